The highest BCUT2D eigenvalue weighted by molar-refractivity contribution is 6.06. The van der Waals surface area contributed by atoms with Crippen LogP contribution < -0.4 is 10.1 Å². The number of aliphatic carboxylic acids is 1. The molecule has 31 heavy (non-hydrogen) atoms. The van der Waals surface area contributed by atoms with Crippen molar-refractivity contribution in [1.82, 2.24) is 5.32 Å². The molecule has 7 heteroatoms. The molecule has 3 aliphatic rings. The third-order valence-electron chi connectivity index (χ3n) is 6.82. The molecule has 0 spiro atoms. The van der Waals surface area contributed by atoms with Gasteiger partial charge in [-0.25, -0.2) is 0 Å². The Morgan fingerprint density at radius 2 is 1.87 bits per heavy atom. The number of hydrogen-bond donors (Lipinski definition) is 2. The van der Waals surface area contributed by atoms with E-state index in [0.717, 1.165) is 5.56 Å². The smallest absolute Gasteiger partial charge is 0.307 e. The Bertz CT molecular complexity index is 1090. The van der Waals surface area contributed by atoms with E-state index in [1.54, 1.807) is 18.2 Å². The van der Waals surface area contributed by atoms with E-state index in [1.807, 2.05) is 44.2 Å². The number of carboxylic acids is 1. The molecular weight excluding hydrogens is 398 g/mol. The standard InChI is InChI=1S/C24H23NO6/c1-23(2)21-19(28)20-18(15-10-14(11-17(26)27)8-9-16(15)31-20)25-22(29)24(21,23)30-12-13-6-4-3-5-7-13/h3-10,18,20-21H,11-12H2,1-2H3,(H,25,29)(H,26,27). The molecule has 160 valence electrons. The number of ketones is 1. The van der Waals surface area contributed by atoms with Crippen LogP contribution in [0.1, 0.15) is 36.6 Å². The summed E-state index contributed by atoms with van der Waals surface area (Å²) in [6, 6.07) is 13.9. The fourth-order valence-electron chi connectivity index (χ4n) is 5.20. The normalized spacial score (nSPS) is 29.7. The monoisotopic (exact) mass is 421 g/mol. The zero-order valence-corrected chi connectivity index (χ0v) is 17.3. The number of nitrogens with one attached hydrogen (secondary N) is 1. The third kappa shape index (κ3) is 2.80. The number of Topliss-reactive ketones (excluding diaryl/α,β-unsaturated/α-hetero) is 1. The first-order chi connectivity index (χ1) is 14.8. The molecule has 2 aromatic rings. The number of hydrogen-bond acceptors (Lipinski definition) is 5. The summed E-state index contributed by atoms with van der Waals surface area (Å²) in [6.07, 6.45) is -1.00. The lowest BCUT2D eigenvalue weighted by atomic mass is 9.94. The molecular formula is C24H23NO6. The lowest BCUT2D eigenvalue weighted by Crippen LogP contribution is -2.44. The largest absolute Gasteiger partial charge is 0.481 e. The highest BCUT2D eigenvalue weighted by Crippen LogP contribution is 2.67. The van der Waals surface area contributed by atoms with Crippen LogP contribution in [0, 0.1) is 11.3 Å². The molecule has 2 aliphatic heterocycles. The molecule has 1 saturated carbocycles. The van der Waals surface area contributed by atoms with Crippen molar-refractivity contribution in [3.63, 3.8) is 0 Å². The summed E-state index contributed by atoms with van der Waals surface area (Å²) in [5.74, 6) is -1.58. The third-order valence-corrected chi connectivity index (χ3v) is 6.82. The highest BCUT2D eigenvalue weighted by Gasteiger charge is 2.82. The van der Waals surface area contributed by atoms with Crippen LogP contribution >= 0.6 is 0 Å². The molecule has 4 unspecified atom stereocenters. The minimum atomic E-state index is -1.26. The molecule has 1 amide bonds. The van der Waals surface area contributed by atoms with Gasteiger partial charge in [0.05, 0.1) is 18.9 Å². The van der Waals surface area contributed by atoms with Gasteiger partial charge in [0.25, 0.3) is 5.91 Å². The maximum Gasteiger partial charge on any atom is 0.307 e. The van der Waals surface area contributed by atoms with Crippen LogP contribution in [0.2, 0.25) is 0 Å². The van der Waals surface area contributed by atoms with Crippen LogP contribution in [0.3, 0.4) is 0 Å². The first-order valence-electron chi connectivity index (χ1n) is 10.3. The van der Waals surface area contributed by atoms with Crippen molar-refractivity contribution in [3.8, 4) is 5.75 Å². The number of carbonyl (C=O) groups is 3. The highest BCUT2D eigenvalue weighted by atomic mass is 16.5. The van der Waals surface area contributed by atoms with Gasteiger partial charge in [-0.1, -0.05) is 50.2 Å². The number of fused-ring (bicyclic) bond motifs is 4. The zero-order chi connectivity index (χ0) is 22.0. The van der Waals surface area contributed by atoms with Gasteiger partial charge < -0.3 is 19.9 Å². The summed E-state index contributed by atoms with van der Waals surface area (Å²) in [7, 11) is 0. The predicted molar refractivity (Wildman–Crippen MR) is 109 cm³/mol. The van der Waals surface area contributed by atoms with Crippen LogP contribution in [0.25, 0.3) is 0 Å². The van der Waals surface area contributed by atoms with E-state index in [4.69, 9.17) is 14.6 Å². The molecule has 0 radical (unpaired) electrons. The lowest BCUT2D eigenvalue weighted by Gasteiger charge is -2.23. The Hall–Kier alpha value is -3.19. The molecule has 7 nitrogen and oxygen atoms in total. The average molecular weight is 421 g/mol. The predicted octanol–water partition coefficient (Wildman–Crippen LogP) is 2.43. The van der Waals surface area contributed by atoms with Crippen molar-refractivity contribution in [2.45, 2.75) is 44.6 Å². The van der Waals surface area contributed by atoms with E-state index in [-0.39, 0.29) is 24.7 Å². The van der Waals surface area contributed by atoms with E-state index in [9.17, 15) is 14.4 Å². The summed E-state index contributed by atoms with van der Waals surface area (Å²) >= 11 is 0. The maximum absolute atomic E-state index is 13.5. The first-order valence-corrected chi connectivity index (χ1v) is 10.3. The van der Waals surface area contributed by atoms with Gasteiger partial charge >= 0.3 is 5.97 Å². The molecule has 0 aromatic heterocycles. The SMILES string of the molecule is CC1(C)C2C(=O)C3Oc4ccc(CC(=O)O)cc4C3NC(=O)C21OCc1ccccc1. The van der Waals surface area contributed by atoms with Gasteiger partial charge in [0, 0.05) is 11.0 Å². The summed E-state index contributed by atoms with van der Waals surface area (Å²) in [6.45, 7) is 3.96. The van der Waals surface area contributed by atoms with Gasteiger partial charge in [-0.05, 0) is 23.3 Å². The molecule has 5 rings (SSSR count). The molecule has 2 fully saturated rings. The Morgan fingerprint density at radius 3 is 2.58 bits per heavy atom. The fraction of sp³-hybridized carbons (Fsp3) is 0.375. The van der Waals surface area contributed by atoms with Gasteiger partial charge in [0.2, 0.25) is 0 Å². The van der Waals surface area contributed by atoms with Crippen LogP contribution in [0.15, 0.2) is 48.5 Å². The van der Waals surface area contributed by atoms with E-state index in [0.29, 0.717) is 16.9 Å². The number of ether oxygens (including phenoxy) is 2. The molecule has 4 atom stereocenters. The number of amides is 1. The second-order valence-electron chi connectivity index (χ2n) is 9.00. The number of rotatable bonds is 5. The van der Waals surface area contributed by atoms with Crippen LogP contribution in [-0.4, -0.2) is 34.5 Å². The van der Waals surface area contributed by atoms with Gasteiger partial charge in [-0.2, -0.15) is 0 Å². The van der Waals surface area contributed by atoms with E-state index < -0.39 is 35.0 Å². The van der Waals surface area contributed by atoms with Crippen molar-refractivity contribution in [2.75, 3.05) is 0 Å². The van der Waals surface area contributed by atoms with Crippen molar-refractivity contribution < 1.29 is 29.0 Å². The van der Waals surface area contributed by atoms with Crippen molar-refractivity contribution in [2.24, 2.45) is 11.3 Å². The Labute approximate surface area is 179 Å². The molecule has 1 aliphatic carbocycles. The van der Waals surface area contributed by atoms with Crippen molar-refractivity contribution >= 4 is 17.7 Å². The molecule has 2 heterocycles. The fourth-order valence-corrected chi connectivity index (χ4v) is 5.20. The summed E-state index contributed by atoms with van der Waals surface area (Å²) < 4.78 is 12.1. The Kier molecular flexibility index (Phi) is 4.24. The topological polar surface area (TPSA) is 102 Å². The quantitative estimate of drug-likeness (QED) is 0.769. The second kappa shape index (κ2) is 6.65. The van der Waals surface area contributed by atoms with E-state index in [2.05, 4.69) is 5.32 Å². The Balaban J connectivity index is 1.46. The molecule has 2 aromatic carbocycles. The van der Waals surface area contributed by atoms with Gasteiger partial charge in [-0.15, -0.1) is 0 Å². The lowest BCUT2D eigenvalue weighted by molar-refractivity contribution is -0.142. The van der Waals surface area contributed by atoms with Crippen molar-refractivity contribution in [1.29, 1.82) is 0 Å². The van der Waals surface area contributed by atoms with Crippen LogP contribution in [0.5, 0.6) is 5.75 Å². The van der Waals surface area contributed by atoms with Gasteiger partial charge in [0.15, 0.2) is 17.5 Å². The minimum absolute atomic E-state index is 0.146. The van der Waals surface area contributed by atoms with Gasteiger partial charge in [-0.3, -0.25) is 14.4 Å². The zero-order valence-electron chi connectivity index (χ0n) is 17.3. The number of benzene rings is 2. The summed E-state index contributed by atoms with van der Waals surface area (Å²) in [4.78, 5) is 38.0. The second-order valence-corrected chi connectivity index (χ2v) is 9.00. The average Bonchev–Trinajstić information content (AvgIpc) is 3.07. The van der Waals surface area contributed by atoms with Crippen LogP contribution in [0.4, 0.5) is 0 Å². The Morgan fingerprint density at radius 1 is 1.13 bits per heavy atom. The minimum Gasteiger partial charge on any atom is -0.481 e. The molecule has 1 saturated heterocycles. The maximum atomic E-state index is 13.5. The number of carbonyl (C=O) groups excluding carboxylic acids is 2. The molecule has 2 N–H and O–H groups in total. The number of carboxylic acid groups (broad SMARTS) is 1. The molecule has 0 bridgehead atoms. The summed E-state index contributed by atoms with van der Waals surface area (Å²) in [5, 5.41) is 12.1. The van der Waals surface area contributed by atoms with Gasteiger partial charge in [0.1, 0.15) is 11.8 Å². The van der Waals surface area contributed by atoms with E-state index >= 15 is 0 Å². The summed E-state index contributed by atoms with van der Waals surface area (Å²) in [5.41, 5.74) is 0.208. The van der Waals surface area contributed by atoms with Crippen molar-refractivity contribution in [3.05, 3.63) is 65.2 Å². The first kappa shape index (κ1) is 19.8. The van der Waals surface area contributed by atoms with E-state index in [1.165, 1.54) is 0 Å². The van der Waals surface area contributed by atoms with Crippen LogP contribution in [-0.2, 0) is 32.1 Å².